The monoisotopic (exact) mass is 421 g/mol. The van der Waals surface area contributed by atoms with E-state index in [4.69, 9.17) is 14.5 Å². The highest BCUT2D eigenvalue weighted by Crippen LogP contribution is 2.42. The van der Waals surface area contributed by atoms with E-state index in [2.05, 4.69) is 15.4 Å². The Kier molecular flexibility index (Phi) is 4.62. The van der Waals surface area contributed by atoms with E-state index in [0.29, 0.717) is 28.7 Å². The van der Waals surface area contributed by atoms with Crippen molar-refractivity contribution in [1.29, 1.82) is 0 Å². The van der Waals surface area contributed by atoms with Crippen LogP contribution in [0.1, 0.15) is 48.7 Å². The van der Waals surface area contributed by atoms with Gasteiger partial charge in [0, 0.05) is 17.7 Å². The summed E-state index contributed by atoms with van der Waals surface area (Å²) in [6.07, 6.45) is 5.19. The summed E-state index contributed by atoms with van der Waals surface area (Å²) in [5.41, 5.74) is 2.15. The molecule has 1 amide bonds. The molecule has 0 unspecified atom stereocenters. The van der Waals surface area contributed by atoms with Gasteiger partial charge < -0.3 is 19.9 Å². The third-order valence-electron chi connectivity index (χ3n) is 5.36. The van der Waals surface area contributed by atoms with Crippen molar-refractivity contribution in [3.05, 3.63) is 47.9 Å². The summed E-state index contributed by atoms with van der Waals surface area (Å²) in [6.45, 7) is 3.59. The van der Waals surface area contributed by atoms with Crippen LogP contribution in [0.3, 0.4) is 0 Å². The lowest BCUT2D eigenvalue weighted by Gasteiger charge is -2.23. The molecule has 1 aliphatic heterocycles. The van der Waals surface area contributed by atoms with Crippen molar-refractivity contribution in [3.8, 4) is 28.7 Å². The first kappa shape index (κ1) is 19.5. The Bertz CT molecular complexity index is 1150. The third-order valence-corrected chi connectivity index (χ3v) is 5.36. The van der Waals surface area contributed by atoms with Crippen LogP contribution in [0, 0.1) is 0 Å². The Morgan fingerprint density at radius 1 is 1.26 bits per heavy atom. The molecular formula is C22H23N5O4. The first-order valence-corrected chi connectivity index (χ1v) is 10.2. The van der Waals surface area contributed by atoms with Gasteiger partial charge in [-0.3, -0.25) is 4.79 Å². The number of benzene rings is 1. The van der Waals surface area contributed by atoms with Gasteiger partial charge in [0.2, 0.25) is 6.79 Å². The van der Waals surface area contributed by atoms with E-state index in [-0.39, 0.29) is 25.2 Å². The summed E-state index contributed by atoms with van der Waals surface area (Å²) in [5.74, 6) is 1.76. The molecule has 3 aromatic rings. The summed E-state index contributed by atoms with van der Waals surface area (Å²) < 4.78 is 12.5. The molecule has 160 valence electrons. The summed E-state index contributed by atoms with van der Waals surface area (Å²) in [5, 5.41) is 16.8. The average Bonchev–Trinajstić information content (AvgIpc) is 3.33. The van der Waals surface area contributed by atoms with Crippen molar-refractivity contribution in [2.75, 3.05) is 13.4 Å². The van der Waals surface area contributed by atoms with Crippen molar-refractivity contribution in [2.24, 2.45) is 0 Å². The average molecular weight is 421 g/mol. The second-order valence-electron chi connectivity index (χ2n) is 8.44. The van der Waals surface area contributed by atoms with Gasteiger partial charge in [0.25, 0.3) is 11.9 Å². The summed E-state index contributed by atoms with van der Waals surface area (Å²) >= 11 is 0. The lowest BCUT2D eigenvalue weighted by Crippen LogP contribution is -2.46. The van der Waals surface area contributed by atoms with Crippen LogP contribution >= 0.6 is 0 Å². The van der Waals surface area contributed by atoms with Crippen LogP contribution in [0.25, 0.3) is 17.2 Å². The van der Waals surface area contributed by atoms with Crippen LogP contribution in [0.2, 0.25) is 0 Å². The highest BCUT2D eigenvalue weighted by atomic mass is 16.7. The SMILES string of the molecule is CC(C)(CO)NC(=O)c1cnn(-c2nccc(-c3ccc4c(c3)OCO4)n2)c1C1CC1. The van der Waals surface area contributed by atoms with Gasteiger partial charge in [-0.05, 0) is 51.0 Å². The quantitative estimate of drug-likeness (QED) is 0.629. The lowest BCUT2D eigenvalue weighted by molar-refractivity contribution is 0.0868. The van der Waals surface area contributed by atoms with E-state index in [1.807, 2.05) is 24.3 Å². The van der Waals surface area contributed by atoms with Gasteiger partial charge in [-0.25, -0.2) is 14.6 Å². The molecule has 2 N–H and O–H groups in total. The number of aliphatic hydroxyl groups excluding tert-OH is 1. The van der Waals surface area contributed by atoms with E-state index < -0.39 is 5.54 Å². The van der Waals surface area contributed by atoms with Crippen LogP contribution in [-0.4, -0.2) is 49.7 Å². The molecule has 0 atom stereocenters. The molecule has 1 aliphatic carbocycles. The molecule has 1 fully saturated rings. The van der Waals surface area contributed by atoms with Crippen LogP contribution in [0.4, 0.5) is 0 Å². The van der Waals surface area contributed by atoms with Gasteiger partial charge in [-0.15, -0.1) is 0 Å². The maximum atomic E-state index is 12.9. The molecule has 2 aromatic heterocycles. The number of hydrogen-bond donors (Lipinski definition) is 2. The minimum atomic E-state index is -0.726. The zero-order valence-electron chi connectivity index (χ0n) is 17.3. The number of aliphatic hydroxyl groups is 1. The second-order valence-corrected chi connectivity index (χ2v) is 8.44. The number of ether oxygens (including phenoxy) is 2. The largest absolute Gasteiger partial charge is 0.454 e. The maximum absolute atomic E-state index is 12.9. The van der Waals surface area contributed by atoms with Crippen molar-refractivity contribution < 1.29 is 19.4 Å². The van der Waals surface area contributed by atoms with Crippen molar-refractivity contribution >= 4 is 5.91 Å². The molecular weight excluding hydrogens is 398 g/mol. The van der Waals surface area contributed by atoms with Crippen LogP contribution in [0.5, 0.6) is 11.5 Å². The normalized spacial score (nSPS) is 15.2. The van der Waals surface area contributed by atoms with Crippen LogP contribution < -0.4 is 14.8 Å². The number of nitrogens with zero attached hydrogens (tertiary/aromatic N) is 4. The Morgan fingerprint density at radius 2 is 2.06 bits per heavy atom. The number of carbonyl (C=O) groups excluding carboxylic acids is 1. The Morgan fingerprint density at radius 3 is 2.84 bits per heavy atom. The van der Waals surface area contributed by atoms with Crippen LogP contribution in [0.15, 0.2) is 36.7 Å². The van der Waals surface area contributed by atoms with Crippen molar-refractivity contribution in [3.63, 3.8) is 0 Å². The maximum Gasteiger partial charge on any atom is 0.255 e. The highest BCUT2D eigenvalue weighted by Gasteiger charge is 2.34. The number of amides is 1. The Labute approximate surface area is 179 Å². The number of nitrogens with one attached hydrogen (secondary N) is 1. The molecule has 0 saturated heterocycles. The molecule has 0 radical (unpaired) electrons. The first-order chi connectivity index (χ1) is 14.9. The third kappa shape index (κ3) is 3.72. The predicted octanol–water partition coefficient (Wildman–Crippen LogP) is 2.44. The molecule has 3 heterocycles. The van der Waals surface area contributed by atoms with E-state index in [1.165, 1.54) is 0 Å². The molecule has 1 saturated carbocycles. The summed E-state index contributed by atoms with van der Waals surface area (Å²) in [6, 6.07) is 7.47. The van der Waals surface area contributed by atoms with E-state index >= 15 is 0 Å². The highest BCUT2D eigenvalue weighted by molar-refractivity contribution is 5.96. The fourth-order valence-corrected chi connectivity index (χ4v) is 3.52. The fraction of sp³-hybridized carbons (Fsp3) is 0.364. The zero-order chi connectivity index (χ0) is 21.6. The van der Waals surface area contributed by atoms with Gasteiger partial charge in [0.1, 0.15) is 0 Å². The van der Waals surface area contributed by atoms with E-state index in [9.17, 15) is 9.90 Å². The molecule has 9 nitrogen and oxygen atoms in total. The molecule has 2 aliphatic rings. The predicted molar refractivity (Wildman–Crippen MR) is 111 cm³/mol. The Hall–Kier alpha value is -3.46. The van der Waals surface area contributed by atoms with Crippen LogP contribution in [-0.2, 0) is 0 Å². The summed E-state index contributed by atoms with van der Waals surface area (Å²) in [7, 11) is 0. The molecule has 0 bridgehead atoms. The number of aromatic nitrogens is 4. The fourth-order valence-electron chi connectivity index (χ4n) is 3.52. The molecule has 31 heavy (non-hydrogen) atoms. The van der Waals surface area contributed by atoms with Crippen molar-refractivity contribution in [1.82, 2.24) is 25.1 Å². The first-order valence-electron chi connectivity index (χ1n) is 10.2. The zero-order valence-corrected chi connectivity index (χ0v) is 17.3. The molecule has 5 rings (SSSR count). The smallest absolute Gasteiger partial charge is 0.255 e. The molecule has 0 spiro atoms. The minimum Gasteiger partial charge on any atom is -0.454 e. The van der Waals surface area contributed by atoms with Gasteiger partial charge in [0.05, 0.1) is 35.3 Å². The topological polar surface area (TPSA) is 111 Å². The molecule has 9 heteroatoms. The number of rotatable bonds is 6. The standard InChI is InChI=1S/C22H23N5O4/c1-22(2,11-28)26-20(29)15-10-24-27(19(15)13-3-4-13)21-23-8-7-16(25-21)14-5-6-17-18(9-14)31-12-30-17/h5-10,13,28H,3-4,11-12H2,1-2H3,(H,26,29). The lowest BCUT2D eigenvalue weighted by atomic mass is 10.1. The van der Waals surface area contributed by atoms with E-state index in [0.717, 1.165) is 24.1 Å². The number of carbonyl (C=O) groups is 1. The van der Waals surface area contributed by atoms with Crippen molar-refractivity contribution in [2.45, 2.75) is 38.1 Å². The molecule has 1 aromatic carbocycles. The van der Waals surface area contributed by atoms with E-state index in [1.54, 1.807) is 30.9 Å². The van der Waals surface area contributed by atoms with Gasteiger partial charge in [0.15, 0.2) is 11.5 Å². The second kappa shape index (κ2) is 7.35. The van der Waals surface area contributed by atoms with Gasteiger partial charge >= 0.3 is 0 Å². The minimum absolute atomic E-state index is 0.160. The Balaban J connectivity index is 1.50. The van der Waals surface area contributed by atoms with Gasteiger partial charge in [-0.1, -0.05) is 0 Å². The number of hydrogen-bond acceptors (Lipinski definition) is 7. The summed E-state index contributed by atoms with van der Waals surface area (Å²) in [4.78, 5) is 22.0. The number of fused-ring (bicyclic) bond motifs is 1. The van der Waals surface area contributed by atoms with Gasteiger partial charge in [-0.2, -0.15) is 5.10 Å².